The third kappa shape index (κ3) is 1.82. The fraction of sp³-hybridized carbons (Fsp3) is 0. The molecule has 0 spiro atoms. The molecule has 0 saturated carbocycles. The number of nitrogens with one attached hydrogen (secondary N) is 1. The Kier molecular flexibility index (Phi) is 2.38. The first-order valence-electron chi connectivity index (χ1n) is 3.01. The molecule has 0 aliphatic carbocycles. The summed E-state index contributed by atoms with van der Waals surface area (Å²) in [6.45, 7) is 0. The summed E-state index contributed by atoms with van der Waals surface area (Å²) < 4.78 is 0. The molecule has 0 amide bonds. The van der Waals surface area contributed by atoms with Gasteiger partial charge in [-0.05, 0) is 11.6 Å². The predicted octanol–water partition coefficient (Wildman–Crippen LogP) is 2.69. The minimum absolute atomic E-state index is 1.07. The quantitative estimate of drug-likeness (QED) is 0.600. The summed E-state index contributed by atoms with van der Waals surface area (Å²) in [4.78, 5) is 0. The van der Waals surface area contributed by atoms with E-state index < -0.39 is 0 Å². The van der Waals surface area contributed by atoms with Gasteiger partial charge in [-0.2, -0.15) is 5.11 Å². The van der Waals surface area contributed by atoms with E-state index in [1.54, 1.807) is 6.08 Å². The van der Waals surface area contributed by atoms with E-state index in [1.807, 2.05) is 30.3 Å². The molecule has 0 aliphatic heterocycles. The molecule has 10 heavy (non-hydrogen) atoms. The molecule has 0 fully saturated rings. The van der Waals surface area contributed by atoms with Crippen LogP contribution in [-0.2, 0) is 0 Å². The van der Waals surface area contributed by atoms with Crippen molar-refractivity contribution in [2.45, 2.75) is 0 Å². The summed E-state index contributed by atoms with van der Waals surface area (Å²) in [6, 6.07) is 9.77. The Morgan fingerprint density at radius 2 is 1.90 bits per heavy atom. The van der Waals surface area contributed by atoms with E-state index in [-0.39, 0.29) is 0 Å². The van der Waals surface area contributed by atoms with E-state index in [1.165, 1.54) is 6.20 Å². The monoisotopic (exact) mass is 132 g/mol. The van der Waals surface area contributed by atoms with Crippen LogP contribution in [0.3, 0.4) is 0 Å². The van der Waals surface area contributed by atoms with E-state index in [4.69, 9.17) is 5.53 Å². The minimum atomic E-state index is 1.07. The highest BCUT2D eigenvalue weighted by atomic mass is 14.9. The van der Waals surface area contributed by atoms with E-state index in [0.717, 1.165) is 5.56 Å². The molecule has 0 heterocycles. The van der Waals surface area contributed by atoms with Crippen LogP contribution in [0, 0.1) is 5.53 Å². The van der Waals surface area contributed by atoms with Gasteiger partial charge in [0.2, 0.25) is 0 Å². The van der Waals surface area contributed by atoms with Gasteiger partial charge < -0.3 is 0 Å². The zero-order valence-electron chi connectivity index (χ0n) is 5.49. The number of hydrogen-bond acceptors (Lipinski definition) is 2. The van der Waals surface area contributed by atoms with E-state index in [2.05, 4.69) is 5.11 Å². The lowest BCUT2D eigenvalue weighted by Gasteiger charge is -1.86. The normalized spacial score (nSPS) is 10.0. The van der Waals surface area contributed by atoms with Crippen molar-refractivity contribution in [3.8, 4) is 0 Å². The Morgan fingerprint density at radius 3 is 2.50 bits per heavy atom. The molecule has 50 valence electrons. The molecule has 0 bridgehead atoms. The lowest BCUT2D eigenvalue weighted by atomic mass is 10.2. The third-order valence-corrected chi connectivity index (χ3v) is 1.14. The van der Waals surface area contributed by atoms with Crippen LogP contribution >= 0.6 is 0 Å². The van der Waals surface area contributed by atoms with Crippen LogP contribution in [-0.4, -0.2) is 0 Å². The van der Waals surface area contributed by atoms with Gasteiger partial charge in [0, 0.05) is 6.20 Å². The van der Waals surface area contributed by atoms with Crippen LogP contribution in [0.1, 0.15) is 5.56 Å². The predicted molar refractivity (Wildman–Crippen MR) is 40.6 cm³/mol. The first-order valence-corrected chi connectivity index (χ1v) is 3.01. The van der Waals surface area contributed by atoms with Gasteiger partial charge in [-0.3, -0.25) is 0 Å². The van der Waals surface area contributed by atoms with Crippen molar-refractivity contribution >= 4 is 6.08 Å². The molecule has 1 aromatic rings. The molecule has 1 rings (SSSR count). The van der Waals surface area contributed by atoms with Crippen molar-refractivity contribution in [1.29, 1.82) is 5.53 Å². The number of hydrogen-bond donors (Lipinski definition) is 1. The maximum Gasteiger partial charge on any atom is 0.0494 e. The molecule has 0 aromatic heterocycles. The Labute approximate surface area is 59.7 Å². The van der Waals surface area contributed by atoms with Crippen LogP contribution in [0.5, 0.6) is 0 Å². The van der Waals surface area contributed by atoms with Crippen LogP contribution < -0.4 is 0 Å². The fourth-order valence-electron chi connectivity index (χ4n) is 0.687. The second-order valence-electron chi connectivity index (χ2n) is 1.86. The Morgan fingerprint density at radius 1 is 1.20 bits per heavy atom. The first-order chi connectivity index (χ1) is 4.93. The fourth-order valence-corrected chi connectivity index (χ4v) is 0.687. The molecule has 0 atom stereocenters. The Balaban J connectivity index is 2.76. The smallest absolute Gasteiger partial charge is 0.0494 e. The molecular weight excluding hydrogens is 124 g/mol. The third-order valence-electron chi connectivity index (χ3n) is 1.14. The van der Waals surface area contributed by atoms with Crippen molar-refractivity contribution in [3.63, 3.8) is 0 Å². The molecule has 0 saturated heterocycles. The van der Waals surface area contributed by atoms with Gasteiger partial charge in [0.05, 0.1) is 0 Å². The SMILES string of the molecule is N=N/C=C/c1ccccc1. The summed E-state index contributed by atoms with van der Waals surface area (Å²) in [5.41, 5.74) is 7.56. The van der Waals surface area contributed by atoms with Crippen LogP contribution in [0.4, 0.5) is 0 Å². The highest BCUT2D eigenvalue weighted by Gasteiger charge is 1.78. The van der Waals surface area contributed by atoms with Crippen molar-refractivity contribution < 1.29 is 0 Å². The Bertz CT molecular complexity index is 226. The molecule has 1 aromatic carbocycles. The summed E-state index contributed by atoms with van der Waals surface area (Å²) in [5.74, 6) is 0. The second-order valence-corrected chi connectivity index (χ2v) is 1.86. The maximum absolute atomic E-state index is 6.49. The highest BCUT2D eigenvalue weighted by Crippen LogP contribution is 1.99. The van der Waals surface area contributed by atoms with Crippen molar-refractivity contribution in [1.82, 2.24) is 0 Å². The first kappa shape index (κ1) is 6.68. The second kappa shape index (κ2) is 3.56. The molecule has 0 aliphatic rings. The van der Waals surface area contributed by atoms with Crippen LogP contribution in [0.2, 0.25) is 0 Å². The van der Waals surface area contributed by atoms with Gasteiger partial charge in [0.1, 0.15) is 0 Å². The van der Waals surface area contributed by atoms with Gasteiger partial charge >= 0.3 is 0 Å². The summed E-state index contributed by atoms with van der Waals surface area (Å²) in [6.07, 6.45) is 3.24. The summed E-state index contributed by atoms with van der Waals surface area (Å²) >= 11 is 0. The molecule has 0 radical (unpaired) electrons. The average molecular weight is 132 g/mol. The number of rotatable bonds is 2. The largest absolute Gasteiger partial charge is 0.205 e. The zero-order valence-corrected chi connectivity index (χ0v) is 5.49. The molecule has 2 nitrogen and oxygen atoms in total. The molecule has 0 unspecified atom stereocenters. The lowest BCUT2D eigenvalue weighted by Crippen LogP contribution is -1.65. The minimum Gasteiger partial charge on any atom is -0.205 e. The molecule has 1 N–H and O–H groups in total. The van der Waals surface area contributed by atoms with E-state index in [0.29, 0.717) is 0 Å². The van der Waals surface area contributed by atoms with Gasteiger partial charge in [-0.15, -0.1) is 0 Å². The summed E-state index contributed by atoms with van der Waals surface area (Å²) in [5, 5.41) is 3.10. The van der Waals surface area contributed by atoms with Gasteiger partial charge in [0.15, 0.2) is 0 Å². The maximum atomic E-state index is 6.49. The standard InChI is InChI=1S/C8H8N2/c9-10-7-6-8-4-2-1-3-5-8/h1-7,9H/b7-6+,10-9?. The van der Waals surface area contributed by atoms with Gasteiger partial charge in [-0.1, -0.05) is 30.3 Å². The number of benzene rings is 1. The van der Waals surface area contributed by atoms with Gasteiger partial charge in [0.25, 0.3) is 0 Å². The number of nitrogens with zero attached hydrogens (tertiary/aromatic N) is 1. The average Bonchev–Trinajstić information content (AvgIpc) is 2.03. The van der Waals surface area contributed by atoms with Crippen molar-refractivity contribution in [3.05, 3.63) is 42.1 Å². The Hall–Kier alpha value is -1.44. The van der Waals surface area contributed by atoms with Crippen molar-refractivity contribution in [2.24, 2.45) is 5.11 Å². The van der Waals surface area contributed by atoms with Crippen LogP contribution in [0.15, 0.2) is 41.6 Å². The molecular formula is C8H8N2. The summed E-state index contributed by atoms with van der Waals surface area (Å²) in [7, 11) is 0. The topological polar surface area (TPSA) is 36.2 Å². The zero-order chi connectivity index (χ0) is 7.23. The van der Waals surface area contributed by atoms with Crippen molar-refractivity contribution in [2.75, 3.05) is 0 Å². The molecule has 2 heteroatoms. The van der Waals surface area contributed by atoms with E-state index >= 15 is 0 Å². The highest BCUT2D eigenvalue weighted by molar-refractivity contribution is 5.48. The van der Waals surface area contributed by atoms with Crippen LogP contribution in [0.25, 0.3) is 6.08 Å². The lowest BCUT2D eigenvalue weighted by molar-refractivity contribution is 1.15. The van der Waals surface area contributed by atoms with E-state index in [9.17, 15) is 0 Å². The van der Waals surface area contributed by atoms with Gasteiger partial charge in [-0.25, -0.2) is 5.53 Å².